The van der Waals surface area contributed by atoms with Crippen LogP contribution in [0.1, 0.15) is 5.56 Å². The van der Waals surface area contributed by atoms with Crippen molar-refractivity contribution >= 4 is 34.1 Å². The first-order valence-corrected chi connectivity index (χ1v) is 5.25. The van der Waals surface area contributed by atoms with Gasteiger partial charge in [0.05, 0.1) is 12.0 Å². The monoisotopic (exact) mass is 210 g/mol. The number of hydrogen-bond donors (Lipinski definition) is 1. The molecule has 3 heteroatoms. The highest BCUT2D eigenvalue weighted by molar-refractivity contribution is 7.81. The van der Waals surface area contributed by atoms with Gasteiger partial charge in [0.2, 0.25) is 0 Å². The zero-order chi connectivity index (χ0) is 9.42. The van der Waals surface area contributed by atoms with Gasteiger partial charge in [-0.1, -0.05) is 29.5 Å². The van der Waals surface area contributed by atoms with E-state index in [9.17, 15) is 0 Å². The number of methoxy groups -OCH3 is 1. The summed E-state index contributed by atoms with van der Waals surface area (Å²) in [4.78, 5) is 0.950. The molecule has 2 rings (SSSR count). The fourth-order valence-corrected chi connectivity index (χ4v) is 2.84. The summed E-state index contributed by atoms with van der Waals surface area (Å²) in [7, 11) is 1.68. The molecule has 0 atom stereocenters. The molecule has 0 aliphatic rings. The normalized spacial score (nSPS) is 10.7. The van der Waals surface area contributed by atoms with Crippen LogP contribution in [0, 0.1) is 6.92 Å². The molecule has 1 aromatic heterocycles. The van der Waals surface area contributed by atoms with Crippen LogP contribution in [0.4, 0.5) is 0 Å². The van der Waals surface area contributed by atoms with Crippen LogP contribution in [0.3, 0.4) is 0 Å². The second kappa shape index (κ2) is 3.24. The van der Waals surface area contributed by atoms with Crippen molar-refractivity contribution in [3.05, 3.63) is 23.8 Å². The minimum atomic E-state index is 0.896. The van der Waals surface area contributed by atoms with Crippen molar-refractivity contribution in [3.63, 3.8) is 0 Å². The molecule has 1 nitrogen and oxygen atoms in total. The number of thiophene rings is 1. The van der Waals surface area contributed by atoms with Gasteiger partial charge < -0.3 is 4.74 Å². The molecular formula is C10H10OS2. The average Bonchev–Trinajstić information content (AvgIpc) is 2.45. The maximum absolute atomic E-state index is 5.23. The second-order valence-electron chi connectivity index (χ2n) is 2.89. The smallest absolute Gasteiger partial charge is 0.188 e. The van der Waals surface area contributed by atoms with Crippen molar-refractivity contribution in [2.75, 3.05) is 7.11 Å². The summed E-state index contributed by atoms with van der Waals surface area (Å²) in [6.45, 7) is 2.10. The highest BCUT2D eigenvalue weighted by Gasteiger charge is 2.09. The number of thiol groups is 1. The van der Waals surface area contributed by atoms with Gasteiger partial charge >= 0.3 is 0 Å². The lowest BCUT2D eigenvalue weighted by molar-refractivity contribution is 0.419. The lowest BCUT2D eigenvalue weighted by atomic mass is 10.2. The molecule has 0 aliphatic heterocycles. The molecular weight excluding hydrogens is 200 g/mol. The summed E-state index contributed by atoms with van der Waals surface area (Å²) >= 11 is 6.08. The van der Waals surface area contributed by atoms with E-state index in [0.29, 0.717) is 0 Å². The standard InChI is InChI=1S/C10H10OS2/c1-6-4-3-5-7-8(12)10(11-2)13-9(6)7/h3-5,12H,1-2H3. The highest BCUT2D eigenvalue weighted by atomic mass is 32.1. The summed E-state index contributed by atoms with van der Waals surface area (Å²) in [5.41, 5.74) is 1.28. The quantitative estimate of drug-likeness (QED) is 0.709. The Morgan fingerprint density at radius 2 is 2.15 bits per heavy atom. The molecule has 0 aliphatic carbocycles. The Kier molecular flexibility index (Phi) is 2.22. The van der Waals surface area contributed by atoms with Gasteiger partial charge in [0.15, 0.2) is 5.06 Å². The van der Waals surface area contributed by atoms with E-state index in [1.165, 1.54) is 15.6 Å². The van der Waals surface area contributed by atoms with Crippen LogP contribution < -0.4 is 4.74 Å². The highest BCUT2D eigenvalue weighted by Crippen LogP contribution is 2.41. The van der Waals surface area contributed by atoms with Gasteiger partial charge in [0, 0.05) is 10.1 Å². The lowest BCUT2D eigenvalue weighted by Gasteiger charge is -1.94. The van der Waals surface area contributed by atoms with E-state index in [1.54, 1.807) is 18.4 Å². The fraction of sp³-hybridized carbons (Fsp3) is 0.200. The summed E-state index contributed by atoms with van der Waals surface area (Å²) in [6.07, 6.45) is 0. The maximum Gasteiger partial charge on any atom is 0.188 e. The Bertz CT molecular complexity index is 445. The molecule has 0 fully saturated rings. The molecule has 0 amide bonds. The number of ether oxygens (including phenoxy) is 1. The third kappa shape index (κ3) is 1.32. The van der Waals surface area contributed by atoms with Crippen LogP contribution in [0.25, 0.3) is 10.1 Å². The molecule has 0 radical (unpaired) electrons. The first-order chi connectivity index (χ1) is 6.24. The molecule has 2 aromatic rings. The third-order valence-electron chi connectivity index (χ3n) is 2.04. The van der Waals surface area contributed by atoms with Gasteiger partial charge in [0.1, 0.15) is 0 Å². The van der Waals surface area contributed by atoms with Crippen molar-refractivity contribution in [2.45, 2.75) is 11.8 Å². The number of aryl methyl sites for hydroxylation is 1. The van der Waals surface area contributed by atoms with Crippen molar-refractivity contribution in [1.82, 2.24) is 0 Å². The molecule has 0 spiro atoms. The SMILES string of the molecule is COc1sc2c(C)cccc2c1S. The summed E-state index contributed by atoms with van der Waals surface area (Å²) in [5, 5.41) is 2.08. The van der Waals surface area contributed by atoms with E-state index in [0.717, 1.165) is 9.96 Å². The second-order valence-corrected chi connectivity index (χ2v) is 4.32. The molecule has 1 aromatic carbocycles. The predicted octanol–water partition coefficient (Wildman–Crippen LogP) is 3.51. The Morgan fingerprint density at radius 1 is 1.38 bits per heavy atom. The lowest BCUT2D eigenvalue weighted by Crippen LogP contribution is -1.76. The van der Waals surface area contributed by atoms with Crippen molar-refractivity contribution in [2.24, 2.45) is 0 Å². The Labute approximate surface area is 86.8 Å². The van der Waals surface area contributed by atoms with Crippen LogP contribution >= 0.6 is 24.0 Å². The first kappa shape index (κ1) is 8.91. The van der Waals surface area contributed by atoms with E-state index >= 15 is 0 Å². The number of fused-ring (bicyclic) bond motifs is 1. The van der Waals surface area contributed by atoms with Gasteiger partial charge in [-0.05, 0) is 12.5 Å². The van der Waals surface area contributed by atoms with Gasteiger partial charge in [0.25, 0.3) is 0 Å². The van der Waals surface area contributed by atoms with Gasteiger partial charge in [-0.25, -0.2) is 0 Å². The molecule has 0 N–H and O–H groups in total. The summed E-state index contributed by atoms with van der Waals surface area (Å²) < 4.78 is 6.49. The average molecular weight is 210 g/mol. The third-order valence-corrected chi connectivity index (χ3v) is 3.94. The predicted molar refractivity (Wildman–Crippen MR) is 60.4 cm³/mol. The van der Waals surface area contributed by atoms with E-state index in [2.05, 4.69) is 31.7 Å². The van der Waals surface area contributed by atoms with Crippen LogP contribution in [0.2, 0.25) is 0 Å². The maximum atomic E-state index is 5.23. The minimum Gasteiger partial charge on any atom is -0.486 e. The Hall–Kier alpha value is -0.670. The van der Waals surface area contributed by atoms with E-state index < -0.39 is 0 Å². The Balaban J connectivity index is 2.83. The van der Waals surface area contributed by atoms with Crippen LogP contribution in [0.15, 0.2) is 23.1 Å². The zero-order valence-corrected chi connectivity index (χ0v) is 9.21. The topological polar surface area (TPSA) is 9.23 Å². The van der Waals surface area contributed by atoms with Crippen molar-refractivity contribution in [3.8, 4) is 5.06 Å². The number of rotatable bonds is 1. The molecule has 13 heavy (non-hydrogen) atoms. The van der Waals surface area contributed by atoms with E-state index in [1.807, 2.05) is 6.07 Å². The summed E-state index contributed by atoms with van der Waals surface area (Å²) in [6, 6.07) is 6.22. The zero-order valence-electron chi connectivity index (χ0n) is 7.50. The summed E-state index contributed by atoms with van der Waals surface area (Å²) in [5.74, 6) is 0. The number of hydrogen-bond acceptors (Lipinski definition) is 3. The molecule has 68 valence electrons. The molecule has 1 heterocycles. The van der Waals surface area contributed by atoms with Gasteiger partial charge in [-0.15, -0.1) is 12.6 Å². The molecule has 0 saturated heterocycles. The Morgan fingerprint density at radius 3 is 2.77 bits per heavy atom. The fourth-order valence-electron chi connectivity index (χ4n) is 1.36. The van der Waals surface area contributed by atoms with E-state index in [-0.39, 0.29) is 0 Å². The first-order valence-electron chi connectivity index (χ1n) is 3.99. The van der Waals surface area contributed by atoms with Gasteiger partial charge in [-0.2, -0.15) is 0 Å². The van der Waals surface area contributed by atoms with Crippen LogP contribution in [0.5, 0.6) is 5.06 Å². The minimum absolute atomic E-state index is 0.896. The van der Waals surface area contributed by atoms with Gasteiger partial charge in [-0.3, -0.25) is 0 Å². The van der Waals surface area contributed by atoms with Crippen molar-refractivity contribution in [1.29, 1.82) is 0 Å². The molecule has 0 unspecified atom stereocenters. The largest absolute Gasteiger partial charge is 0.486 e. The van der Waals surface area contributed by atoms with E-state index in [4.69, 9.17) is 4.74 Å². The molecule has 0 bridgehead atoms. The van der Waals surface area contributed by atoms with Crippen LogP contribution in [-0.2, 0) is 0 Å². The van der Waals surface area contributed by atoms with Crippen molar-refractivity contribution < 1.29 is 4.74 Å². The number of benzene rings is 1. The molecule has 0 saturated carbocycles. The van der Waals surface area contributed by atoms with Crippen LogP contribution in [-0.4, -0.2) is 7.11 Å².